The van der Waals surface area contributed by atoms with Crippen molar-refractivity contribution in [2.75, 3.05) is 41.7 Å². The number of aryl methyl sites for hydroxylation is 3. The van der Waals surface area contributed by atoms with Gasteiger partial charge in [-0.05, 0) is 36.1 Å². The van der Waals surface area contributed by atoms with Gasteiger partial charge >= 0.3 is 0 Å². The number of benzene rings is 1. The molecule has 158 valence electrons. The quantitative estimate of drug-likeness (QED) is 0.618. The fourth-order valence-corrected chi connectivity index (χ4v) is 6.86. The second-order valence-corrected chi connectivity index (χ2v) is 10.6. The zero-order valence-corrected chi connectivity index (χ0v) is 18.0. The summed E-state index contributed by atoms with van der Waals surface area (Å²) in [4.78, 5) is 19.3. The van der Waals surface area contributed by atoms with Gasteiger partial charge in [0.15, 0.2) is 5.82 Å². The number of hydrogen-bond donors (Lipinski definition) is 0. The fraction of sp³-hybridized carbons (Fsp3) is 0.455. The van der Waals surface area contributed by atoms with Crippen LogP contribution in [-0.4, -0.2) is 60.9 Å². The summed E-state index contributed by atoms with van der Waals surface area (Å²) >= 11 is 0. The van der Waals surface area contributed by atoms with E-state index in [9.17, 15) is 4.21 Å². The molecule has 0 unspecified atom stereocenters. The Labute approximate surface area is 182 Å². The maximum atomic E-state index is 12.5. The van der Waals surface area contributed by atoms with E-state index in [-0.39, 0.29) is 0 Å². The molecule has 0 amide bonds. The van der Waals surface area contributed by atoms with Crippen LogP contribution in [0.1, 0.15) is 16.8 Å². The van der Waals surface area contributed by atoms with Crippen molar-refractivity contribution >= 4 is 22.4 Å². The lowest BCUT2D eigenvalue weighted by atomic mass is 9.88. The van der Waals surface area contributed by atoms with Crippen LogP contribution in [0.5, 0.6) is 0 Å². The first-order chi connectivity index (χ1) is 15.2. The van der Waals surface area contributed by atoms with Crippen molar-refractivity contribution in [2.24, 2.45) is 11.8 Å². The lowest BCUT2D eigenvalue weighted by Gasteiger charge is -2.26. The van der Waals surface area contributed by atoms with Crippen LogP contribution in [0.4, 0.5) is 11.6 Å². The number of anilines is 2. The molecule has 0 bridgehead atoms. The molecule has 0 radical (unpaired) electrons. The van der Waals surface area contributed by atoms with Gasteiger partial charge in [0, 0.05) is 55.9 Å². The smallest absolute Gasteiger partial charge is 0.227 e. The number of hydrogen-bond acceptors (Lipinski definition) is 7. The van der Waals surface area contributed by atoms with E-state index < -0.39 is 10.8 Å². The average molecular weight is 434 g/mol. The number of nitrogens with zero attached hydrogens (tertiary/aromatic N) is 7. The first-order valence-corrected chi connectivity index (χ1v) is 12.3. The second kappa shape index (κ2) is 6.59. The molecule has 0 saturated carbocycles. The minimum atomic E-state index is -1.07. The highest BCUT2D eigenvalue weighted by Crippen LogP contribution is 2.38. The van der Waals surface area contributed by atoms with E-state index in [1.165, 1.54) is 36.0 Å². The Hall–Kier alpha value is -2.81. The molecule has 3 atom stereocenters. The Morgan fingerprint density at radius 1 is 0.935 bits per heavy atom. The monoisotopic (exact) mass is 433 g/mol. The average Bonchev–Trinajstić information content (AvgIpc) is 3.52. The van der Waals surface area contributed by atoms with Gasteiger partial charge in [0.25, 0.3) is 0 Å². The van der Waals surface area contributed by atoms with Crippen LogP contribution >= 0.6 is 0 Å². The van der Waals surface area contributed by atoms with Gasteiger partial charge in [0.05, 0.1) is 16.5 Å². The van der Waals surface area contributed by atoms with Crippen LogP contribution in [0, 0.1) is 11.8 Å². The molecule has 5 heterocycles. The van der Waals surface area contributed by atoms with E-state index in [0.717, 1.165) is 49.1 Å². The SMILES string of the molecule is O=[S@]1CCc2nc(N3C[C@H]4CN(c5ccc6c(c5)CC6)C[C@H]4C3)nc(-n3cncn3)c21. The number of rotatable bonds is 3. The predicted octanol–water partition coefficient (Wildman–Crippen LogP) is 1.39. The maximum Gasteiger partial charge on any atom is 0.227 e. The molecular formula is C22H23N7OS. The van der Waals surface area contributed by atoms with Crippen molar-refractivity contribution in [3.05, 3.63) is 47.7 Å². The lowest BCUT2D eigenvalue weighted by molar-refractivity contribution is 0.533. The summed E-state index contributed by atoms with van der Waals surface area (Å²) < 4.78 is 14.2. The predicted molar refractivity (Wildman–Crippen MR) is 117 cm³/mol. The molecule has 3 aliphatic heterocycles. The van der Waals surface area contributed by atoms with E-state index in [2.05, 4.69) is 38.1 Å². The molecule has 2 fully saturated rings. The summed E-state index contributed by atoms with van der Waals surface area (Å²) in [7, 11) is -1.07. The maximum absolute atomic E-state index is 12.5. The van der Waals surface area contributed by atoms with Gasteiger partial charge in [-0.1, -0.05) is 6.07 Å². The zero-order chi connectivity index (χ0) is 20.5. The van der Waals surface area contributed by atoms with Crippen molar-refractivity contribution in [3.8, 4) is 5.82 Å². The number of aromatic nitrogens is 5. The van der Waals surface area contributed by atoms with Crippen molar-refractivity contribution in [3.63, 3.8) is 0 Å². The van der Waals surface area contributed by atoms with E-state index >= 15 is 0 Å². The first-order valence-electron chi connectivity index (χ1n) is 11.0. The van der Waals surface area contributed by atoms with Crippen molar-refractivity contribution < 1.29 is 4.21 Å². The Balaban J connectivity index is 1.15. The molecule has 8 nitrogen and oxygen atoms in total. The molecule has 2 saturated heterocycles. The van der Waals surface area contributed by atoms with Crippen LogP contribution in [0.15, 0.2) is 35.7 Å². The van der Waals surface area contributed by atoms with Gasteiger partial charge in [0.2, 0.25) is 5.95 Å². The normalized spacial score (nSPS) is 26.0. The highest BCUT2D eigenvalue weighted by molar-refractivity contribution is 7.85. The van der Waals surface area contributed by atoms with Gasteiger partial charge in [-0.3, -0.25) is 4.21 Å². The molecule has 1 aliphatic carbocycles. The third kappa shape index (κ3) is 2.75. The van der Waals surface area contributed by atoms with Gasteiger partial charge < -0.3 is 9.80 Å². The van der Waals surface area contributed by atoms with Gasteiger partial charge in [-0.15, -0.1) is 0 Å². The highest BCUT2D eigenvalue weighted by Gasteiger charge is 2.42. The van der Waals surface area contributed by atoms with Gasteiger partial charge in [-0.25, -0.2) is 14.6 Å². The standard InChI is InChI=1S/C22H23N7OS/c30-31-6-5-19-20(31)21(29-13-23-12-24-29)26-22(25-19)28-10-16-8-27(9-17(16)11-28)18-4-3-14-1-2-15(14)7-18/h3-4,7,12-13,16-17H,1-2,5-6,8-11H2/t16-,17+,31-/m0/s1. The first kappa shape index (κ1) is 17.8. The Morgan fingerprint density at radius 2 is 1.74 bits per heavy atom. The topological polar surface area (TPSA) is 80.0 Å². The van der Waals surface area contributed by atoms with E-state index in [0.29, 0.717) is 23.4 Å². The summed E-state index contributed by atoms with van der Waals surface area (Å²) in [6, 6.07) is 7.00. The van der Waals surface area contributed by atoms with Crippen LogP contribution in [0.25, 0.3) is 5.82 Å². The van der Waals surface area contributed by atoms with Gasteiger partial charge in [0.1, 0.15) is 17.6 Å². The summed E-state index contributed by atoms with van der Waals surface area (Å²) in [6.07, 6.45) is 6.30. The molecule has 4 aliphatic rings. The molecular weight excluding hydrogens is 410 g/mol. The third-order valence-electron chi connectivity index (χ3n) is 7.28. The lowest BCUT2D eigenvalue weighted by Crippen LogP contribution is -2.30. The minimum absolute atomic E-state index is 0.607. The highest BCUT2D eigenvalue weighted by atomic mass is 32.2. The van der Waals surface area contributed by atoms with E-state index in [1.807, 2.05) is 0 Å². The minimum Gasteiger partial charge on any atom is -0.371 e. The molecule has 3 aromatic rings. The Kier molecular flexibility index (Phi) is 3.79. The Bertz CT molecular complexity index is 1200. The molecule has 7 rings (SSSR count). The third-order valence-corrected chi connectivity index (χ3v) is 8.73. The summed E-state index contributed by atoms with van der Waals surface area (Å²) in [5.41, 5.74) is 5.33. The molecule has 31 heavy (non-hydrogen) atoms. The van der Waals surface area contributed by atoms with Crippen LogP contribution in [-0.2, 0) is 30.1 Å². The van der Waals surface area contributed by atoms with Crippen molar-refractivity contribution in [2.45, 2.75) is 24.2 Å². The van der Waals surface area contributed by atoms with E-state index in [4.69, 9.17) is 9.97 Å². The summed E-state index contributed by atoms with van der Waals surface area (Å²) in [5, 5.41) is 4.24. The van der Waals surface area contributed by atoms with Crippen LogP contribution in [0.3, 0.4) is 0 Å². The fourth-order valence-electron chi connectivity index (χ4n) is 5.52. The van der Waals surface area contributed by atoms with Crippen molar-refractivity contribution in [1.29, 1.82) is 0 Å². The molecule has 0 N–H and O–H groups in total. The van der Waals surface area contributed by atoms with Crippen LogP contribution < -0.4 is 9.80 Å². The van der Waals surface area contributed by atoms with Crippen LogP contribution in [0.2, 0.25) is 0 Å². The molecule has 1 aromatic carbocycles. The van der Waals surface area contributed by atoms with Gasteiger partial charge in [-0.2, -0.15) is 10.1 Å². The largest absolute Gasteiger partial charge is 0.371 e. The van der Waals surface area contributed by atoms with Crippen molar-refractivity contribution in [1.82, 2.24) is 24.7 Å². The zero-order valence-electron chi connectivity index (χ0n) is 17.1. The summed E-state index contributed by atoms with van der Waals surface area (Å²) in [5.74, 6) is 3.20. The van der Waals surface area contributed by atoms with E-state index in [1.54, 1.807) is 11.0 Å². The second-order valence-electron chi connectivity index (χ2n) is 9.05. The Morgan fingerprint density at radius 3 is 2.45 bits per heavy atom. The molecule has 9 heteroatoms. The number of fused-ring (bicyclic) bond motifs is 3. The summed E-state index contributed by atoms with van der Waals surface area (Å²) in [6.45, 7) is 4.10. The molecule has 2 aromatic heterocycles. The molecule has 0 spiro atoms.